The fourth-order valence-corrected chi connectivity index (χ4v) is 4.39. The summed E-state index contributed by atoms with van der Waals surface area (Å²) < 4.78 is 6.50. The number of amides is 1. The molecule has 2 aromatic rings. The quantitative estimate of drug-likeness (QED) is 0.660. The molecular weight excluding hydrogens is 414 g/mol. The van der Waals surface area contributed by atoms with Gasteiger partial charge in [-0.2, -0.15) is 4.68 Å². The van der Waals surface area contributed by atoms with Crippen LogP contribution in [0.4, 0.5) is 0 Å². The zero-order valence-corrected chi connectivity index (χ0v) is 17.6. The molecule has 1 saturated heterocycles. The normalized spacial score (nSPS) is 21.6. The van der Waals surface area contributed by atoms with Gasteiger partial charge < -0.3 is 14.7 Å². The lowest BCUT2D eigenvalue weighted by atomic mass is 9.78. The average molecular weight is 437 g/mol. The monoisotopic (exact) mass is 437 g/mol. The first kappa shape index (κ1) is 20.5. The van der Waals surface area contributed by atoms with Gasteiger partial charge in [0.2, 0.25) is 5.91 Å². The van der Waals surface area contributed by atoms with Crippen molar-refractivity contribution >= 4 is 11.9 Å². The second kappa shape index (κ2) is 7.92. The molecule has 0 aromatic carbocycles. The third-order valence-corrected chi connectivity index (χ3v) is 6.48. The van der Waals surface area contributed by atoms with Crippen molar-refractivity contribution in [1.29, 1.82) is 0 Å². The van der Waals surface area contributed by atoms with E-state index in [-0.39, 0.29) is 18.5 Å². The van der Waals surface area contributed by atoms with E-state index in [1.807, 2.05) is 12.1 Å². The van der Waals surface area contributed by atoms with Crippen LogP contribution in [0.15, 0.2) is 48.2 Å². The summed E-state index contributed by atoms with van der Waals surface area (Å²) >= 11 is 0. The lowest BCUT2D eigenvalue weighted by Crippen LogP contribution is -2.46. The molecule has 1 N–H and O–H groups in total. The van der Waals surface area contributed by atoms with Crippen LogP contribution < -0.4 is 0 Å². The van der Waals surface area contributed by atoms with E-state index in [4.69, 9.17) is 4.74 Å². The number of carbonyl (C=O) groups is 2. The smallest absolute Gasteiger partial charge is 0.336 e. The molecular formula is C21H23N7O4. The largest absolute Gasteiger partial charge is 0.456 e. The molecule has 166 valence electrons. The topological polar surface area (TPSA) is 127 Å². The Hall–Kier alpha value is -3.44. The lowest BCUT2D eigenvalue weighted by Gasteiger charge is -2.38. The van der Waals surface area contributed by atoms with Crippen molar-refractivity contribution in [2.45, 2.75) is 25.9 Å². The number of aromatic nitrogens is 5. The van der Waals surface area contributed by atoms with Gasteiger partial charge in [-0.25, -0.2) is 9.78 Å². The number of hydrogen-bond acceptors (Lipinski definition) is 9. The van der Waals surface area contributed by atoms with Crippen LogP contribution in [0.25, 0.3) is 5.82 Å². The Morgan fingerprint density at radius 3 is 2.69 bits per heavy atom. The second-order valence-corrected chi connectivity index (χ2v) is 8.32. The van der Waals surface area contributed by atoms with Crippen LogP contribution in [0.5, 0.6) is 0 Å². The number of likely N-dealkylation sites (tertiary alicyclic amines) is 1. The van der Waals surface area contributed by atoms with Crippen LogP contribution in [0.2, 0.25) is 0 Å². The number of hydrogen-bond donors (Lipinski definition) is 1. The average Bonchev–Trinajstić information content (AvgIpc) is 3.53. The van der Waals surface area contributed by atoms with Gasteiger partial charge in [0.15, 0.2) is 5.82 Å². The minimum atomic E-state index is -0.694. The maximum atomic E-state index is 13.2. The highest BCUT2D eigenvalue weighted by Crippen LogP contribution is 2.41. The Balaban J connectivity index is 1.19. The molecule has 0 bridgehead atoms. The number of esters is 1. The van der Waals surface area contributed by atoms with Gasteiger partial charge >= 0.3 is 5.97 Å². The predicted octanol–water partition coefficient (Wildman–Crippen LogP) is 0.360. The summed E-state index contributed by atoms with van der Waals surface area (Å²) in [5, 5.41) is 21.6. The molecule has 1 atom stereocenters. The molecule has 0 saturated carbocycles. The first-order chi connectivity index (χ1) is 15.5. The molecule has 2 aromatic heterocycles. The molecule has 5 rings (SSSR count). The van der Waals surface area contributed by atoms with E-state index in [2.05, 4.69) is 25.4 Å². The highest BCUT2D eigenvalue weighted by Gasteiger charge is 2.47. The first-order valence-electron chi connectivity index (χ1n) is 10.5. The van der Waals surface area contributed by atoms with Crippen LogP contribution in [-0.4, -0.2) is 78.2 Å². The van der Waals surface area contributed by atoms with Gasteiger partial charge in [-0.3, -0.25) is 9.69 Å². The number of carbonyl (C=O) groups excluding carboxylic acids is 2. The van der Waals surface area contributed by atoms with Gasteiger partial charge in [0, 0.05) is 24.5 Å². The maximum Gasteiger partial charge on any atom is 0.336 e. The summed E-state index contributed by atoms with van der Waals surface area (Å²) in [6.45, 7) is 3.64. The van der Waals surface area contributed by atoms with E-state index >= 15 is 0 Å². The SMILES string of the molecule is CC1=C(N2C=CC3(CCN(C[C@@H](O)c4ccc(-n5cnnn5)nc4)CC3)C2=O)COC1=O. The molecule has 1 amide bonds. The van der Waals surface area contributed by atoms with E-state index < -0.39 is 11.5 Å². The Morgan fingerprint density at radius 1 is 1.25 bits per heavy atom. The molecule has 11 heteroatoms. The van der Waals surface area contributed by atoms with Crippen molar-refractivity contribution in [2.75, 3.05) is 26.2 Å². The first-order valence-corrected chi connectivity index (χ1v) is 10.5. The Bertz CT molecular complexity index is 1090. The highest BCUT2D eigenvalue weighted by atomic mass is 16.5. The number of ether oxygens (including phenoxy) is 1. The van der Waals surface area contributed by atoms with Crippen molar-refractivity contribution < 1.29 is 19.4 Å². The van der Waals surface area contributed by atoms with E-state index in [1.54, 1.807) is 30.3 Å². The molecule has 0 unspecified atom stereocenters. The molecule has 32 heavy (non-hydrogen) atoms. The summed E-state index contributed by atoms with van der Waals surface area (Å²) in [6.07, 6.45) is 7.42. The van der Waals surface area contributed by atoms with Crippen molar-refractivity contribution in [3.05, 3.63) is 53.8 Å². The fourth-order valence-electron chi connectivity index (χ4n) is 4.39. The number of piperidine rings is 1. The van der Waals surface area contributed by atoms with E-state index in [9.17, 15) is 14.7 Å². The van der Waals surface area contributed by atoms with Crippen molar-refractivity contribution in [2.24, 2.45) is 5.41 Å². The van der Waals surface area contributed by atoms with Crippen LogP contribution in [0, 0.1) is 5.41 Å². The van der Waals surface area contributed by atoms with Crippen molar-refractivity contribution in [3.8, 4) is 5.82 Å². The summed E-state index contributed by atoms with van der Waals surface area (Å²) in [7, 11) is 0. The molecule has 5 heterocycles. The summed E-state index contributed by atoms with van der Waals surface area (Å²) in [5.74, 6) is 0.195. The maximum absolute atomic E-state index is 13.2. The van der Waals surface area contributed by atoms with Gasteiger partial charge in [0.1, 0.15) is 12.9 Å². The van der Waals surface area contributed by atoms with Crippen molar-refractivity contribution in [3.63, 3.8) is 0 Å². The predicted molar refractivity (Wildman–Crippen MR) is 110 cm³/mol. The summed E-state index contributed by atoms with van der Waals surface area (Å²) in [4.78, 5) is 32.9. The van der Waals surface area contributed by atoms with Crippen molar-refractivity contribution in [1.82, 2.24) is 35.0 Å². The van der Waals surface area contributed by atoms with Gasteiger partial charge in [-0.1, -0.05) is 12.1 Å². The van der Waals surface area contributed by atoms with Crippen LogP contribution >= 0.6 is 0 Å². The zero-order chi connectivity index (χ0) is 22.3. The number of rotatable bonds is 5. The van der Waals surface area contributed by atoms with Gasteiger partial charge in [-0.15, -0.1) is 5.10 Å². The Labute approximate surface area is 184 Å². The number of nitrogens with zero attached hydrogens (tertiary/aromatic N) is 7. The molecule has 3 aliphatic heterocycles. The fraction of sp³-hybridized carbons (Fsp3) is 0.429. The third-order valence-electron chi connectivity index (χ3n) is 6.48. The highest BCUT2D eigenvalue weighted by molar-refractivity contribution is 5.95. The molecule has 1 fully saturated rings. The van der Waals surface area contributed by atoms with E-state index in [0.717, 1.165) is 0 Å². The molecule has 0 radical (unpaired) electrons. The van der Waals surface area contributed by atoms with E-state index in [0.29, 0.717) is 55.1 Å². The number of aliphatic hydroxyl groups excluding tert-OH is 1. The minimum Gasteiger partial charge on any atom is -0.456 e. The standard InChI is InChI=1S/C21H23N7O4/c1-14-16(12-32-19(14)30)27-9-6-21(20(27)31)4-7-26(8-5-21)11-17(29)15-2-3-18(22-10-15)28-13-23-24-25-28/h2-3,6,9-10,13,17,29H,4-5,7-8,11-12H2,1H3/t17-/m1/s1. The van der Waals surface area contributed by atoms with E-state index in [1.165, 1.54) is 11.0 Å². The van der Waals surface area contributed by atoms with Gasteiger partial charge in [-0.05, 0) is 49.3 Å². The lowest BCUT2D eigenvalue weighted by molar-refractivity contribution is -0.138. The molecule has 1 spiro atoms. The number of aliphatic hydroxyl groups is 1. The third kappa shape index (κ3) is 3.49. The van der Waals surface area contributed by atoms with Gasteiger partial charge in [0.05, 0.1) is 22.8 Å². The Morgan fingerprint density at radius 2 is 2.06 bits per heavy atom. The summed E-state index contributed by atoms with van der Waals surface area (Å²) in [6, 6.07) is 3.56. The van der Waals surface area contributed by atoms with Crippen LogP contribution in [0.3, 0.4) is 0 Å². The summed E-state index contributed by atoms with van der Waals surface area (Å²) in [5.41, 5.74) is 1.26. The number of cyclic esters (lactones) is 1. The van der Waals surface area contributed by atoms with Gasteiger partial charge in [0.25, 0.3) is 0 Å². The number of β-amino-alcohol motifs (C(OH)–C–C–N with tert-alkyl or cyclic N) is 1. The minimum absolute atomic E-state index is 0.00672. The zero-order valence-electron chi connectivity index (χ0n) is 17.6. The molecule has 0 aliphatic carbocycles. The molecule has 11 nitrogen and oxygen atoms in total. The van der Waals surface area contributed by atoms with Crippen LogP contribution in [0.1, 0.15) is 31.4 Å². The van der Waals surface area contributed by atoms with Crippen LogP contribution in [-0.2, 0) is 14.3 Å². The number of tetrazole rings is 1. The Kier molecular flexibility index (Phi) is 5.06. The molecule has 3 aliphatic rings. The number of pyridine rings is 1. The second-order valence-electron chi connectivity index (χ2n) is 8.32.